The van der Waals surface area contributed by atoms with Crippen LogP contribution in [0.15, 0.2) is 83.2 Å². The molecule has 4 N–H and O–H groups in total. The molecule has 0 saturated heterocycles. The standard InChI is InChI=1S/C20H25ClN2O5.C9H8O2/c1-4-28-20(25)18-15(11-27-10-9-22)23-12(2)16(19(24)26-3)17(18)13-7-5-6-8-14(13)21;10-9(11)7-6-8-4-2-1-3-5-8/h5-8,17,23H,4,9-11,22H2,1-3H3;1-7H,(H,10,11). The number of rotatable bonds is 10. The predicted molar refractivity (Wildman–Crippen MR) is 149 cm³/mol. The topological polar surface area (TPSA) is 137 Å². The summed E-state index contributed by atoms with van der Waals surface area (Å²) in [6.45, 7) is 4.42. The monoisotopic (exact) mass is 556 g/mol. The fourth-order valence-corrected chi connectivity index (χ4v) is 4.09. The van der Waals surface area contributed by atoms with Gasteiger partial charge in [0.15, 0.2) is 0 Å². The molecule has 0 radical (unpaired) electrons. The van der Waals surface area contributed by atoms with Crippen LogP contribution in [0.2, 0.25) is 5.02 Å². The molecule has 0 aromatic heterocycles. The number of hydrogen-bond donors (Lipinski definition) is 3. The van der Waals surface area contributed by atoms with E-state index < -0.39 is 23.8 Å². The maximum absolute atomic E-state index is 12.9. The summed E-state index contributed by atoms with van der Waals surface area (Å²) in [4.78, 5) is 35.5. The van der Waals surface area contributed by atoms with Gasteiger partial charge in [0, 0.05) is 23.3 Å². The second-order valence-corrected chi connectivity index (χ2v) is 8.55. The van der Waals surface area contributed by atoms with E-state index in [0.29, 0.717) is 40.7 Å². The van der Waals surface area contributed by atoms with Gasteiger partial charge in [-0.2, -0.15) is 0 Å². The number of nitrogens with two attached hydrogens (primary N) is 1. The highest BCUT2D eigenvalue weighted by atomic mass is 35.5. The Morgan fingerprint density at radius 2 is 1.72 bits per heavy atom. The van der Waals surface area contributed by atoms with E-state index >= 15 is 0 Å². The van der Waals surface area contributed by atoms with Gasteiger partial charge in [0.25, 0.3) is 0 Å². The molecule has 2 aromatic rings. The third kappa shape index (κ3) is 9.10. The molecule has 208 valence electrons. The first-order chi connectivity index (χ1) is 18.7. The first kappa shape index (κ1) is 31.3. The van der Waals surface area contributed by atoms with E-state index in [-0.39, 0.29) is 18.8 Å². The summed E-state index contributed by atoms with van der Waals surface area (Å²) in [5.74, 6) is -2.79. The maximum Gasteiger partial charge on any atom is 0.336 e. The number of hydrogen-bond acceptors (Lipinski definition) is 8. The van der Waals surface area contributed by atoms with Crippen LogP contribution in [0.25, 0.3) is 6.08 Å². The van der Waals surface area contributed by atoms with Crippen LogP contribution in [0.5, 0.6) is 0 Å². The minimum atomic E-state index is -0.922. The lowest BCUT2D eigenvalue weighted by Crippen LogP contribution is -2.35. The number of aliphatic carboxylic acids is 1. The van der Waals surface area contributed by atoms with Gasteiger partial charge in [0.2, 0.25) is 0 Å². The molecule has 3 rings (SSSR count). The van der Waals surface area contributed by atoms with Crippen molar-refractivity contribution in [1.82, 2.24) is 5.32 Å². The summed E-state index contributed by atoms with van der Waals surface area (Å²) < 4.78 is 15.8. The van der Waals surface area contributed by atoms with Gasteiger partial charge >= 0.3 is 17.9 Å². The highest BCUT2D eigenvalue weighted by Crippen LogP contribution is 2.41. The number of carbonyl (C=O) groups excluding carboxylic acids is 2. The molecule has 0 fully saturated rings. The largest absolute Gasteiger partial charge is 0.478 e. The number of nitrogens with one attached hydrogen (secondary N) is 1. The number of carbonyl (C=O) groups is 3. The van der Waals surface area contributed by atoms with Crippen molar-refractivity contribution in [2.24, 2.45) is 5.73 Å². The summed E-state index contributed by atoms with van der Waals surface area (Å²) in [6.07, 6.45) is 2.68. The van der Waals surface area contributed by atoms with Crippen molar-refractivity contribution < 1.29 is 33.7 Å². The normalized spacial score (nSPS) is 14.8. The van der Waals surface area contributed by atoms with Crippen molar-refractivity contribution >= 4 is 35.6 Å². The number of halogens is 1. The lowest BCUT2D eigenvalue weighted by Gasteiger charge is -2.31. The van der Waals surface area contributed by atoms with Crippen molar-refractivity contribution in [3.05, 3.63) is 99.4 Å². The summed E-state index contributed by atoms with van der Waals surface area (Å²) >= 11 is 6.42. The van der Waals surface area contributed by atoms with E-state index in [0.717, 1.165) is 11.6 Å². The predicted octanol–water partition coefficient (Wildman–Crippen LogP) is 4.05. The van der Waals surface area contributed by atoms with Gasteiger partial charge < -0.3 is 30.4 Å². The molecule has 0 saturated carbocycles. The van der Waals surface area contributed by atoms with E-state index in [9.17, 15) is 14.4 Å². The van der Waals surface area contributed by atoms with E-state index in [4.69, 9.17) is 36.7 Å². The molecule has 2 aromatic carbocycles. The fraction of sp³-hybridized carbons (Fsp3) is 0.276. The molecule has 1 unspecified atom stereocenters. The summed E-state index contributed by atoms with van der Waals surface area (Å²) in [5.41, 5.74) is 8.60. The summed E-state index contributed by atoms with van der Waals surface area (Å²) in [6, 6.07) is 16.4. The second kappa shape index (κ2) is 16.1. The first-order valence-corrected chi connectivity index (χ1v) is 12.6. The average molecular weight is 557 g/mol. The van der Waals surface area contributed by atoms with Crippen LogP contribution in [0.1, 0.15) is 30.9 Å². The average Bonchev–Trinajstić information content (AvgIpc) is 2.92. The van der Waals surface area contributed by atoms with Gasteiger partial charge in [-0.15, -0.1) is 0 Å². The molecular formula is C29H33ClN2O7. The molecule has 10 heteroatoms. The number of methoxy groups -OCH3 is 1. The van der Waals surface area contributed by atoms with Crippen molar-refractivity contribution in [2.45, 2.75) is 19.8 Å². The van der Waals surface area contributed by atoms with Crippen LogP contribution in [-0.2, 0) is 28.6 Å². The molecule has 1 heterocycles. The number of ether oxygens (including phenoxy) is 3. The van der Waals surface area contributed by atoms with E-state index in [1.807, 2.05) is 30.3 Å². The Morgan fingerprint density at radius 3 is 2.31 bits per heavy atom. The van der Waals surface area contributed by atoms with E-state index in [1.54, 1.807) is 44.2 Å². The summed E-state index contributed by atoms with van der Waals surface area (Å²) in [7, 11) is 1.29. The van der Waals surface area contributed by atoms with Crippen molar-refractivity contribution in [3.63, 3.8) is 0 Å². The number of carboxylic acids is 1. The van der Waals surface area contributed by atoms with Gasteiger partial charge in [0.05, 0.1) is 49.7 Å². The zero-order chi connectivity index (χ0) is 28.8. The van der Waals surface area contributed by atoms with Crippen molar-refractivity contribution in [3.8, 4) is 0 Å². The van der Waals surface area contributed by atoms with Gasteiger partial charge in [-0.1, -0.05) is 60.1 Å². The lowest BCUT2D eigenvalue weighted by molar-refractivity contribution is -0.139. The highest BCUT2D eigenvalue weighted by Gasteiger charge is 2.39. The number of benzene rings is 2. The minimum Gasteiger partial charge on any atom is -0.478 e. The Kier molecular flexibility index (Phi) is 12.9. The molecule has 0 aliphatic carbocycles. The molecule has 0 amide bonds. The zero-order valence-corrected chi connectivity index (χ0v) is 22.9. The van der Waals surface area contributed by atoms with Gasteiger partial charge in [0.1, 0.15) is 0 Å². The Labute approximate surface area is 232 Å². The lowest BCUT2D eigenvalue weighted by atomic mass is 9.80. The van der Waals surface area contributed by atoms with Crippen molar-refractivity contribution in [2.75, 3.05) is 33.5 Å². The third-order valence-electron chi connectivity index (χ3n) is 5.49. The quantitative estimate of drug-likeness (QED) is 0.225. The second-order valence-electron chi connectivity index (χ2n) is 8.15. The zero-order valence-electron chi connectivity index (χ0n) is 22.1. The molecule has 39 heavy (non-hydrogen) atoms. The molecular weight excluding hydrogens is 524 g/mol. The van der Waals surface area contributed by atoms with Crippen LogP contribution in [0.3, 0.4) is 0 Å². The highest BCUT2D eigenvalue weighted by molar-refractivity contribution is 6.31. The Hall–Kier alpha value is -3.92. The Morgan fingerprint density at radius 1 is 1.05 bits per heavy atom. The SMILES string of the molecule is CCOC(=O)C1=C(COCCN)NC(C)=C(C(=O)OC)C1c1ccccc1Cl.O=C(O)C=Cc1ccccc1. The van der Waals surface area contributed by atoms with Crippen LogP contribution >= 0.6 is 11.6 Å². The van der Waals surface area contributed by atoms with Crippen molar-refractivity contribution in [1.29, 1.82) is 0 Å². The Bertz CT molecular complexity index is 1240. The number of carboxylic acid groups (broad SMARTS) is 1. The maximum atomic E-state index is 12.9. The third-order valence-corrected chi connectivity index (χ3v) is 5.83. The fourth-order valence-electron chi connectivity index (χ4n) is 3.85. The minimum absolute atomic E-state index is 0.109. The van der Waals surface area contributed by atoms with E-state index in [1.165, 1.54) is 7.11 Å². The van der Waals surface area contributed by atoms with Gasteiger partial charge in [-0.3, -0.25) is 0 Å². The molecule has 9 nitrogen and oxygen atoms in total. The Balaban J connectivity index is 0.000000404. The molecule has 1 aliphatic rings. The van der Waals surface area contributed by atoms with Gasteiger partial charge in [-0.25, -0.2) is 14.4 Å². The number of allylic oxidation sites excluding steroid dienone is 1. The van der Waals surface area contributed by atoms with Crippen LogP contribution in [-0.4, -0.2) is 56.5 Å². The van der Waals surface area contributed by atoms with Gasteiger partial charge in [-0.05, 0) is 37.1 Å². The molecule has 0 spiro atoms. The smallest absolute Gasteiger partial charge is 0.336 e. The van der Waals surface area contributed by atoms with Crippen LogP contribution < -0.4 is 11.1 Å². The van der Waals surface area contributed by atoms with E-state index in [2.05, 4.69) is 5.32 Å². The molecule has 1 aliphatic heterocycles. The molecule has 1 atom stereocenters. The first-order valence-electron chi connectivity index (χ1n) is 12.2. The summed E-state index contributed by atoms with van der Waals surface area (Å²) in [5, 5.41) is 11.8. The molecule has 0 bridgehead atoms. The van der Waals surface area contributed by atoms with Crippen LogP contribution in [0, 0.1) is 0 Å². The number of dihydropyridines is 1. The van der Waals surface area contributed by atoms with Crippen LogP contribution in [0.4, 0.5) is 0 Å². The number of esters is 2.